The normalized spacial score (nSPS) is 50.4. The third kappa shape index (κ3) is 18.8. The van der Waals surface area contributed by atoms with Gasteiger partial charge in [-0.15, -0.1) is 0 Å². The van der Waals surface area contributed by atoms with E-state index in [1.165, 1.54) is 6.92 Å². The molecule has 0 unspecified atom stereocenters. The number of rotatable bonds is 26. The smallest absolute Gasteiger partial charge is 0.217 e. The fraction of sp³-hybridized carbons (Fsp3) is 0.949. The molecular formula is C59H99N3O44. The summed E-state index contributed by atoms with van der Waals surface area (Å²) in [5.74, 6) is -2.75. The van der Waals surface area contributed by atoms with E-state index < -0.39 is 341 Å². The van der Waals surface area contributed by atoms with E-state index in [0.29, 0.717) is 0 Å². The minimum absolute atomic E-state index is 0.786. The Morgan fingerprint density at radius 3 is 1.23 bits per heavy atom. The Hall–Kier alpha value is -3.23. The first-order valence-electron chi connectivity index (χ1n) is 33.9. The van der Waals surface area contributed by atoms with Gasteiger partial charge in [0.15, 0.2) is 56.6 Å². The molecule has 9 rings (SSSR count). The van der Waals surface area contributed by atoms with Gasteiger partial charge in [-0.1, -0.05) is 0 Å². The summed E-state index contributed by atoms with van der Waals surface area (Å²) < 4.78 is 102. The van der Waals surface area contributed by atoms with Crippen LogP contribution in [0.25, 0.3) is 0 Å². The van der Waals surface area contributed by atoms with E-state index in [1.54, 1.807) is 0 Å². The van der Waals surface area contributed by atoms with E-state index in [2.05, 4.69) is 16.0 Å². The van der Waals surface area contributed by atoms with Crippen LogP contribution in [0.3, 0.4) is 0 Å². The third-order valence-corrected chi connectivity index (χ3v) is 19.5. The first kappa shape index (κ1) is 86.7. The summed E-state index contributed by atoms with van der Waals surface area (Å²) in [6.45, 7) is -4.49. The molecule has 106 heavy (non-hydrogen) atoms. The Kier molecular flexibility index (Phi) is 30.8. The van der Waals surface area contributed by atoms with Gasteiger partial charge < -0.3 is 219 Å². The molecule has 0 aromatic heterocycles. The van der Waals surface area contributed by atoms with E-state index >= 15 is 0 Å². The fourth-order valence-electron chi connectivity index (χ4n) is 13.7. The second-order valence-corrected chi connectivity index (χ2v) is 27.0. The van der Waals surface area contributed by atoms with Crippen molar-refractivity contribution in [3.63, 3.8) is 0 Å². The van der Waals surface area contributed by atoms with E-state index in [4.69, 9.17) is 80.5 Å². The summed E-state index contributed by atoms with van der Waals surface area (Å²) in [6.07, 6.45) is -85.7. The predicted octanol–water partition coefficient (Wildman–Crippen LogP) is -18.5. The number of carbonyl (C=O) groups is 3. The second-order valence-electron chi connectivity index (χ2n) is 27.0. The van der Waals surface area contributed by atoms with Gasteiger partial charge in [0.05, 0.1) is 59.0 Å². The van der Waals surface area contributed by atoms with Crippen LogP contribution in [0.4, 0.5) is 0 Å². The Balaban J connectivity index is 1.13. The lowest BCUT2D eigenvalue weighted by molar-refractivity contribution is -0.413. The number of amides is 3. The zero-order valence-corrected chi connectivity index (χ0v) is 57.0. The minimum Gasteiger partial charge on any atom is -0.394 e. The van der Waals surface area contributed by atoms with Gasteiger partial charge in [-0.05, 0) is 6.92 Å². The van der Waals surface area contributed by atoms with Gasteiger partial charge in [-0.2, -0.15) is 0 Å². The molecule has 9 fully saturated rings. The first-order chi connectivity index (χ1) is 50.1. The van der Waals surface area contributed by atoms with Crippen molar-refractivity contribution >= 4 is 17.7 Å². The average molecular weight is 1550 g/mol. The predicted molar refractivity (Wildman–Crippen MR) is 324 cm³/mol. The summed E-state index contributed by atoms with van der Waals surface area (Å²) >= 11 is 0. The zero-order valence-electron chi connectivity index (χ0n) is 57.0. The number of nitrogens with one attached hydrogen (secondary N) is 3. The highest BCUT2D eigenvalue weighted by molar-refractivity contribution is 5.74. The van der Waals surface area contributed by atoms with Crippen LogP contribution in [-0.2, 0) is 94.9 Å². The van der Waals surface area contributed by atoms with Gasteiger partial charge in [0.2, 0.25) is 17.7 Å². The highest BCUT2D eigenvalue weighted by Crippen LogP contribution is 2.41. The summed E-state index contributed by atoms with van der Waals surface area (Å²) in [6, 6.07) is -5.65. The van der Waals surface area contributed by atoms with Crippen molar-refractivity contribution in [2.45, 2.75) is 298 Å². The Morgan fingerprint density at radius 2 is 0.670 bits per heavy atom. The molecule has 0 aromatic rings. The molecule has 614 valence electrons. The van der Waals surface area contributed by atoms with Crippen molar-refractivity contribution in [2.24, 2.45) is 0 Å². The molecule has 27 N–H and O–H groups in total. The lowest BCUT2D eigenvalue weighted by Gasteiger charge is -2.52. The minimum atomic E-state index is -2.50. The molecule has 9 aliphatic heterocycles. The molecule has 9 heterocycles. The summed E-state index contributed by atoms with van der Waals surface area (Å²) in [7, 11) is 0. The van der Waals surface area contributed by atoms with Crippen LogP contribution in [0.2, 0.25) is 0 Å². The average Bonchev–Trinajstić information content (AvgIpc) is 0.762. The topological polar surface area (TPSA) is 730 Å². The zero-order chi connectivity index (χ0) is 77.9. The van der Waals surface area contributed by atoms with Crippen LogP contribution in [-0.4, -0.2) is 463 Å². The second kappa shape index (κ2) is 37.6. The maximum atomic E-state index is 13.5. The number of hydrogen-bond donors (Lipinski definition) is 27. The van der Waals surface area contributed by atoms with Gasteiger partial charge in [-0.3, -0.25) is 14.4 Å². The van der Waals surface area contributed by atoms with Gasteiger partial charge >= 0.3 is 0 Å². The van der Waals surface area contributed by atoms with Crippen molar-refractivity contribution in [1.29, 1.82) is 0 Å². The van der Waals surface area contributed by atoms with Crippen LogP contribution in [0.5, 0.6) is 0 Å². The molecule has 0 aromatic carbocycles. The molecule has 47 nitrogen and oxygen atoms in total. The largest absolute Gasteiger partial charge is 0.394 e. The molecule has 9 aliphatic rings. The van der Waals surface area contributed by atoms with Crippen LogP contribution in [0, 0.1) is 0 Å². The number of carbonyl (C=O) groups excluding carboxylic acids is 3. The lowest BCUT2D eigenvalue weighted by atomic mass is 9.93. The van der Waals surface area contributed by atoms with Crippen molar-refractivity contribution in [1.82, 2.24) is 16.0 Å². The molecule has 0 saturated carbocycles. The summed E-state index contributed by atoms with van der Waals surface area (Å²) in [5, 5.41) is 273. The summed E-state index contributed by atoms with van der Waals surface area (Å²) in [5.41, 5.74) is 0. The Labute approximate surface area is 600 Å². The van der Waals surface area contributed by atoms with Crippen molar-refractivity contribution < 1.29 is 217 Å². The SMILES string of the molecule is CC(=O)N[C@@H]1[C@@H](O)[C@H](O[C@@H]2O[C@H](CO)[C@@H](O[C@@H]3O[C@H](CO[C@H]4O[C@H](CO)[C@@H](O)[C@H](O)[C@@H]4O)[C@@H](O)[C@H](O[C@H]4O[C@H](CO)[C@@H](O)[C@H](O)[C@@H]4O[C@@H]4O[C@H](CO)[C@@H](O[C@@H]5O[C@H](CO)[C@H](O)[C@H](O)[C@H]5O)[C@H](O[C@@H]5O[C@@H](C)[C@@H](O)[C@@H](O)[C@@H]5O)[C@H]4NC(C)=O)[C@@H]3O[C@@H]3OC[C@@H](O)[C@H](O)[C@H]3O)[C@H](O)[C@H]2NC(C)=O)[C@@H](CO)O[C@H]1O. The number of hydrogen-bond acceptors (Lipinski definition) is 44. The van der Waals surface area contributed by atoms with Gasteiger partial charge in [-0.25, -0.2) is 0 Å². The van der Waals surface area contributed by atoms with Crippen molar-refractivity contribution in [2.75, 3.05) is 52.9 Å². The monoisotopic (exact) mass is 1550 g/mol. The van der Waals surface area contributed by atoms with E-state index in [0.717, 1.165) is 20.8 Å². The molecule has 0 spiro atoms. The lowest BCUT2D eigenvalue weighted by Crippen LogP contribution is -2.72. The van der Waals surface area contributed by atoms with Gasteiger partial charge in [0.25, 0.3) is 0 Å². The summed E-state index contributed by atoms with van der Waals surface area (Å²) in [4.78, 5) is 38.7. The van der Waals surface area contributed by atoms with Gasteiger partial charge in [0, 0.05) is 20.8 Å². The highest BCUT2D eigenvalue weighted by atomic mass is 16.8. The molecular weight excluding hydrogens is 1450 g/mol. The van der Waals surface area contributed by atoms with Crippen molar-refractivity contribution in [3.05, 3.63) is 0 Å². The maximum Gasteiger partial charge on any atom is 0.217 e. The Morgan fingerprint density at radius 1 is 0.302 bits per heavy atom. The molecule has 47 heteroatoms. The number of ether oxygens (including phenoxy) is 17. The Bertz CT molecular complexity index is 2770. The van der Waals surface area contributed by atoms with Crippen LogP contribution < -0.4 is 16.0 Å². The van der Waals surface area contributed by atoms with Crippen LogP contribution in [0.15, 0.2) is 0 Å². The quantitative estimate of drug-likeness (QED) is 0.0382. The van der Waals surface area contributed by atoms with Crippen LogP contribution in [0.1, 0.15) is 27.7 Å². The molecule has 0 aliphatic carbocycles. The van der Waals surface area contributed by atoms with Crippen molar-refractivity contribution in [3.8, 4) is 0 Å². The number of aliphatic hydroxyl groups is 24. The number of aliphatic hydroxyl groups excluding tert-OH is 24. The molecule has 0 bridgehead atoms. The molecule has 9 saturated heterocycles. The van der Waals surface area contributed by atoms with Crippen LogP contribution >= 0.6 is 0 Å². The van der Waals surface area contributed by atoms with Gasteiger partial charge in [0.1, 0.15) is 207 Å². The highest BCUT2D eigenvalue weighted by Gasteiger charge is 2.62. The third-order valence-electron chi connectivity index (χ3n) is 19.5. The maximum absolute atomic E-state index is 13.5. The standard InChI is InChI=1S/C59H99N3O44/c1-13-28(73)36(81)42(87)56(92-13)103-47-27(62-16(4)71)53(98-23(10-68)46(47)102-57-43(88)38(83)31(76)19(6-64)95-57)105-49-39(84)32(77)20(7-65)96-58(49)104-48-33(78)24(12-91-54-41(86)37(82)30(75)18(5-63)94-54)99-59(50(48)106-55-40(85)29(74)17(72)11-90-55)101-45-22(9-67)97-52(26(35(45)80)61-15(3)70)100-44-21(8-66)93-51(89)25(34(44)79)60-14(2)69/h13,17-59,63-68,72-89H,5-12H2,1-4H3,(H,60,69)(H,61,70)(H,62,71)/t13-,17+,18+,19+,20+,21+,22+,23+,24+,25+,26+,27+,28+,29-,30+,31-,32+,33+,34+,35+,36+,37-,38-,39-,40+,41-,42-,43+,44+,45+,46+,47+,48-,49-,50-,51+,52-,53-,54-,55-,56-,57-,58+,59-/m0/s1. The van der Waals surface area contributed by atoms with E-state index in [9.17, 15) is 137 Å². The molecule has 3 amide bonds. The van der Waals surface area contributed by atoms with E-state index in [1.807, 2.05) is 0 Å². The fourth-order valence-corrected chi connectivity index (χ4v) is 13.7. The van der Waals surface area contributed by atoms with E-state index in [-0.39, 0.29) is 0 Å². The first-order valence-corrected chi connectivity index (χ1v) is 33.9. The molecule has 44 atom stereocenters. The molecule has 0 radical (unpaired) electrons.